The second-order valence-electron chi connectivity index (χ2n) is 17.0. The first-order chi connectivity index (χ1) is 24.6. The number of rotatable bonds is 8. The number of carbonyl (C=O) groups is 4. The minimum Gasteiger partial charge on any atom is -0.460 e. The largest absolute Gasteiger partial charge is 0.460 e. The molecule has 4 rings (SSSR count). The Morgan fingerprint density at radius 2 is 0.815 bits per heavy atom. The lowest BCUT2D eigenvalue weighted by molar-refractivity contribution is -0.240. The molecule has 0 saturated heterocycles. The molecule has 0 fully saturated rings. The molecule has 0 spiro atoms. The van der Waals surface area contributed by atoms with Crippen LogP contribution in [0.25, 0.3) is 0 Å². The van der Waals surface area contributed by atoms with Gasteiger partial charge >= 0.3 is 35.5 Å². The maximum atomic E-state index is 12.6. The number of hydrogen-bond donors (Lipinski definition) is 2. The summed E-state index contributed by atoms with van der Waals surface area (Å²) in [5, 5.41) is 29.7. The van der Waals surface area contributed by atoms with E-state index in [2.05, 4.69) is 10.3 Å². The van der Waals surface area contributed by atoms with Crippen molar-refractivity contribution in [1.82, 2.24) is 0 Å². The van der Waals surface area contributed by atoms with Gasteiger partial charge in [0.2, 0.25) is 0 Å². The normalized spacial score (nSPS) is 22.6. The topological polar surface area (TPSA) is 189 Å². The van der Waals surface area contributed by atoms with Crippen molar-refractivity contribution in [2.75, 3.05) is 0 Å². The number of esters is 4. The number of benzene rings is 2. The minimum atomic E-state index is -2.41. The Labute approximate surface area is 316 Å². The van der Waals surface area contributed by atoms with Gasteiger partial charge in [-0.2, -0.15) is 0 Å². The highest BCUT2D eigenvalue weighted by Gasteiger charge is 2.58. The molecule has 0 unspecified atom stereocenters. The van der Waals surface area contributed by atoms with Crippen molar-refractivity contribution in [3.8, 4) is 0 Å². The molecule has 296 valence electrons. The van der Waals surface area contributed by atoms with Crippen molar-refractivity contribution in [3.05, 3.63) is 71.8 Å². The molecule has 2 aliphatic heterocycles. The molecule has 0 saturated carbocycles. The Kier molecular flexibility index (Phi) is 13.1. The quantitative estimate of drug-likeness (QED) is 0.251. The summed E-state index contributed by atoms with van der Waals surface area (Å²) in [6.07, 6.45) is -0.582. The summed E-state index contributed by atoms with van der Waals surface area (Å²) in [5.74, 6) is -10.1. The van der Waals surface area contributed by atoms with Crippen molar-refractivity contribution in [2.24, 2.45) is 22.1 Å². The van der Waals surface area contributed by atoms with Crippen molar-refractivity contribution < 1.29 is 58.0 Å². The van der Waals surface area contributed by atoms with Crippen molar-refractivity contribution in [2.45, 2.75) is 130 Å². The summed E-state index contributed by atoms with van der Waals surface area (Å²) in [6, 6.07) is 17.8. The van der Waals surface area contributed by atoms with E-state index >= 15 is 0 Å². The van der Waals surface area contributed by atoms with Crippen LogP contribution in [0.15, 0.2) is 71.0 Å². The van der Waals surface area contributed by atoms with Crippen molar-refractivity contribution >= 4 is 35.3 Å². The third kappa shape index (κ3) is 12.1. The molecule has 2 aromatic rings. The maximum absolute atomic E-state index is 12.6. The number of hydrogen-bond acceptors (Lipinski definition) is 14. The average Bonchev–Trinajstić information content (AvgIpc) is 3.52. The Balaban J connectivity index is 0.000000290. The van der Waals surface area contributed by atoms with Crippen molar-refractivity contribution in [3.63, 3.8) is 0 Å². The highest BCUT2D eigenvalue weighted by Crippen LogP contribution is 2.37. The van der Waals surface area contributed by atoms with Gasteiger partial charge in [0.1, 0.15) is 22.4 Å². The van der Waals surface area contributed by atoms with E-state index in [0.717, 1.165) is 0 Å². The molecule has 0 aromatic heterocycles. The number of carbonyl (C=O) groups excluding carboxylic acids is 4. The SMILES string of the molecule is CC(C)(C)OC(=O)C[C@H]1C(c2ccccc2)=NO[C@]1(O)C(=O)OC(C)(C)C.CC(C)(C)OC(=O)C[C@H]1C(c2ccccc2)=NO[C@]1(O)C(=O)OC(C)(C)C. The molecular formula is C40H54N2O12. The van der Waals surface area contributed by atoms with Gasteiger partial charge in [0.05, 0.1) is 36.1 Å². The number of nitrogens with zero attached hydrogens (tertiary/aromatic N) is 2. The number of ether oxygens (including phenoxy) is 4. The lowest BCUT2D eigenvalue weighted by Gasteiger charge is -2.30. The van der Waals surface area contributed by atoms with Gasteiger partial charge in [0.15, 0.2) is 0 Å². The fraction of sp³-hybridized carbons (Fsp3) is 0.550. The van der Waals surface area contributed by atoms with Crippen LogP contribution in [0, 0.1) is 11.8 Å². The van der Waals surface area contributed by atoms with Crippen LogP contribution in [0.2, 0.25) is 0 Å². The second-order valence-corrected chi connectivity index (χ2v) is 17.0. The molecule has 2 aliphatic rings. The van der Waals surface area contributed by atoms with Gasteiger partial charge in [0.25, 0.3) is 0 Å². The predicted molar refractivity (Wildman–Crippen MR) is 198 cm³/mol. The zero-order valence-corrected chi connectivity index (χ0v) is 33.2. The zero-order valence-electron chi connectivity index (χ0n) is 33.2. The van der Waals surface area contributed by atoms with E-state index in [-0.39, 0.29) is 24.3 Å². The smallest absolute Gasteiger partial charge is 0.383 e. The summed E-state index contributed by atoms with van der Waals surface area (Å²) in [5.41, 5.74) is -1.26. The van der Waals surface area contributed by atoms with Crippen LogP contribution < -0.4 is 0 Å². The van der Waals surface area contributed by atoms with Crippen molar-refractivity contribution in [1.29, 1.82) is 0 Å². The third-order valence-electron chi connectivity index (χ3n) is 7.27. The van der Waals surface area contributed by atoms with Gasteiger partial charge < -0.3 is 38.8 Å². The fourth-order valence-electron chi connectivity index (χ4n) is 5.22. The van der Waals surface area contributed by atoms with Crippen LogP contribution in [0.5, 0.6) is 0 Å². The minimum absolute atomic E-state index is 0.287. The van der Waals surface area contributed by atoms with E-state index in [0.29, 0.717) is 11.1 Å². The molecule has 0 amide bonds. The Morgan fingerprint density at radius 1 is 0.537 bits per heavy atom. The molecule has 0 radical (unpaired) electrons. The second kappa shape index (κ2) is 16.3. The van der Waals surface area contributed by atoms with E-state index < -0.39 is 69.7 Å². The average molecular weight is 755 g/mol. The first-order valence-electron chi connectivity index (χ1n) is 17.6. The van der Waals surface area contributed by atoms with E-state index in [1.54, 1.807) is 132 Å². The van der Waals surface area contributed by atoms with E-state index in [1.165, 1.54) is 0 Å². The van der Waals surface area contributed by atoms with Crippen LogP contribution in [-0.4, -0.2) is 79.5 Å². The Hall–Kier alpha value is -4.82. The molecule has 0 bridgehead atoms. The van der Waals surface area contributed by atoms with Crippen LogP contribution in [-0.2, 0) is 47.8 Å². The van der Waals surface area contributed by atoms with E-state index in [4.69, 9.17) is 28.6 Å². The first-order valence-corrected chi connectivity index (χ1v) is 17.6. The fourth-order valence-corrected chi connectivity index (χ4v) is 5.22. The molecule has 14 nitrogen and oxygen atoms in total. The van der Waals surface area contributed by atoms with E-state index in [1.807, 2.05) is 12.1 Å². The molecule has 2 aromatic carbocycles. The maximum Gasteiger partial charge on any atom is 0.383 e. The van der Waals surface area contributed by atoms with Gasteiger partial charge in [-0.25, -0.2) is 9.59 Å². The predicted octanol–water partition coefficient (Wildman–Crippen LogP) is 5.60. The Morgan fingerprint density at radius 3 is 1.07 bits per heavy atom. The van der Waals surface area contributed by atoms with E-state index in [9.17, 15) is 29.4 Å². The first kappa shape index (κ1) is 43.6. The summed E-state index contributed by atoms with van der Waals surface area (Å²) < 4.78 is 21.3. The van der Waals surface area contributed by atoms with Gasteiger partial charge in [-0.15, -0.1) is 0 Å². The summed E-state index contributed by atoms with van der Waals surface area (Å²) in [4.78, 5) is 60.3. The molecule has 2 heterocycles. The van der Waals surface area contributed by atoms with Crippen LogP contribution >= 0.6 is 0 Å². The summed E-state index contributed by atoms with van der Waals surface area (Å²) in [7, 11) is 0. The third-order valence-corrected chi connectivity index (χ3v) is 7.27. The highest BCUT2D eigenvalue weighted by atomic mass is 16.8. The lowest BCUT2D eigenvalue weighted by atomic mass is 9.87. The molecule has 4 atom stereocenters. The lowest BCUT2D eigenvalue weighted by Crippen LogP contribution is -2.50. The molecule has 14 heteroatoms. The molecule has 0 aliphatic carbocycles. The summed E-state index contributed by atoms with van der Waals surface area (Å²) >= 11 is 0. The number of aliphatic hydroxyl groups is 2. The molecule has 2 N–H and O–H groups in total. The monoisotopic (exact) mass is 754 g/mol. The van der Waals surface area contributed by atoms with Crippen LogP contribution in [0.1, 0.15) is 107 Å². The van der Waals surface area contributed by atoms with Gasteiger partial charge in [-0.05, 0) is 94.2 Å². The van der Waals surface area contributed by atoms with Gasteiger partial charge in [0, 0.05) is 0 Å². The van der Waals surface area contributed by atoms with Gasteiger partial charge in [-0.1, -0.05) is 71.0 Å². The van der Waals surface area contributed by atoms with Crippen LogP contribution in [0.3, 0.4) is 0 Å². The number of oxime groups is 2. The standard InChI is InChI=1S/2C20H27NO6/c2*1-18(2,3)25-15(22)12-14-16(13-10-8-7-9-11-13)21-27-20(14,24)17(23)26-19(4,5)6/h2*7-11,14,24H,12H2,1-6H3/t2*14-,20-/m00/s1. The Bertz CT molecular complexity index is 1590. The van der Waals surface area contributed by atoms with Crippen LogP contribution in [0.4, 0.5) is 0 Å². The van der Waals surface area contributed by atoms with Gasteiger partial charge in [-0.3, -0.25) is 9.59 Å². The highest BCUT2D eigenvalue weighted by molar-refractivity contribution is 6.08. The molecular weight excluding hydrogens is 700 g/mol. The zero-order chi connectivity index (χ0) is 40.9. The molecule has 54 heavy (non-hydrogen) atoms. The summed E-state index contributed by atoms with van der Waals surface area (Å²) in [6.45, 7) is 20.5.